The minimum atomic E-state index is -4.04. The first-order valence-corrected chi connectivity index (χ1v) is 11.6. The van der Waals surface area contributed by atoms with E-state index in [0.29, 0.717) is 11.3 Å². The first kappa shape index (κ1) is 21.6. The molecule has 3 aromatic carbocycles. The van der Waals surface area contributed by atoms with Crippen molar-refractivity contribution in [2.24, 2.45) is 0 Å². The van der Waals surface area contributed by atoms with E-state index in [2.05, 4.69) is 9.44 Å². The molecular weight excluding hydrogens is 431 g/mol. The summed E-state index contributed by atoms with van der Waals surface area (Å²) in [5.74, 6) is -0.231. The van der Waals surface area contributed by atoms with E-state index in [9.17, 15) is 21.2 Å². The second kappa shape index (κ2) is 8.33. The number of halogens is 1. The van der Waals surface area contributed by atoms with Crippen molar-refractivity contribution in [2.75, 3.05) is 16.6 Å². The first-order valence-electron chi connectivity index (χ1n) is 8.67. The molecule has 0 aliphatic heterocycles. The number of anilines is 2. The number of benzene rings is 3. The van der Waals surface area contributed by atoms with Gasteiger partial charge >= 0.3 is 0 Å². The summed E-state index contributed by atoms with van der Waals surface area (Å²) in [5.41, 5.74) is 0.841. The second-order valence-corrected chi connectivity index (χ2v) is 9.71. The third-order valence-electron chi connectivity index (χ3n) is 4.24. The first-order chi connectivity index (χ1) is 14.1. The second-order valence-electron chi connectivity index (χ2n) is 6.34. The van der Waals surface area contributed by atoms with E-state index in [4.69, 9.17) is 4.74 Å². The van der Waals surface area contributed by atoms with Gasteiger partial charge in [0.2, 0.25) is 0 Å². The normalized spacial score (nSPS) is 11.7. The van der Waals surface area contributed by atoms with Crippen molar-refractivity contribution in [2.45, 2.75) is 16.7 Å². The molecule has 0 radical (unpaired) electrons. The van der Waals surface area contributed by atoms with Crippen molar-refractivity contribution in [1.29, 1.82) is 0 Å². The lowest BCUT2D eigenvalue weighted by Crippen LogP contribution is -2.16. The number of methoxy groups -OCH3 is 1. The Morgan fingerprint density at radius 2 is 1.33 bits per heavy atom. The summed E-state index contributed by atoms with van der Waals surface area (Å²) < 4.78 is 73.8. The van der Waals surface area contributed by atoms with E-state index in [-0.39, 0.29) is 21.2 Å². The highest BCUT2D eigenvalue weighted by Gasteiger charge is 2.20. The average Bonchev–Trinajstić information content (AvgIpc) is 2.70. The van der Waals surface area contributed by atoms with Crippen LogP contribution in [0, 0.1) is 12.7 Å². The van der Waals surface area contributed by atoms with E-state index in [0.717, 1.165) is 24.3 Å². The highest BCUT2D eigenvalue weighted by Crippen LogP contribution is 2.28. The Balaban J connectivity index is 1.93. The van der Waals surface area contributed by atoms with Gasteiger partial charge in [-0.25, -0.2) is 21.2 Å². The van der Waals surface area contributed by atoms with Crippen LogP contribution in [0.5, 0.6) is 5.75 Å². The van der Waals surface area contributed by atoms with Crippen molar-refractivity contribution >= 4 is 31.4 Å². The molecular formula is C20H19FN2O5S2. The van der Waals surface area contributed by atoms with Crippen LogP contribution < -0.4 is 14.2 Å². The van der Waals surface area contributed by atoms with Gasteiger partial charge in [0, 0.05) is 0 Å². The molecule has 0 spiro atoms. The molecule has 3 rings (SSSR count). The van der Waals surface area contributed by atoms with Crippen LogP contribution in [-0.2, 0) is 20.0 Å². The number of aryl methyl sites for hydroxylation is 1. The minimum absolute atomic E-state index is 0.0854. The quantitative estimate of drug-likeness (QED) is 0.571. The van der Waals surface area contributed by atoms with E-state index in [1.165, 1.54) is 25.3 Å². The minimum Gasteiger partial charge on any atom is -0.495 e. The van der Waals surface area contributed by atoms with E-state index < -0.39 is 25.9 Å². The largest absolute Gasteiger partial charge is 0.495 e. The van der Waals surface area contributed by atoms with Crippen LogP contribution >= 0.6 is 0 Å². The molecule has 0 amide bonds. The summed E-state index contributed by atoms with van der Waals surface area (Å²) in [6, 6.07) is 14.9. The number of ether oxygens (including phenoxy) is 1. The van der Waals surface area contributed by atoms with Gasteiger partial charge in [-0.2, -0.15) is 0 Å². The number of rotatable bonds is 7. The molecule has 0 saturated carbocycles. The monoisotopic (exact) mass is 450 g/mol. The third kappa shape index (κ3) is 4.71. The molecule has 10 heteroatoms. The van der Waals surface area contributed by atoms with Crippen LogP contribution in [0.25, 0.3) is 0 Å². The fraction of sp³-hybridized carbons (Fsp3) is 0.100. The van der Waals surface area contributed by atoms with Gasteiger partial charge in [0.25, 0.3) is 20.0 Å². The maximum atomic E-state index is 13.1. The standard InChI is InChI=1S/C20H19FN2O5S2/c1-14-7-10-17(30(26,27)22-18-5-3-4-6-20(18)28-2)13-19(14)23-29(24,25)16-11-8-15(21)9-12-16/h3-13,22-23H,1-2H3. The van der Waals surface area contributed by atoms with E-state index in [1.807, 2.05) is 0 Å². The highest BCUT2D eigenvalue weighted by atomic mass is 32.2. The van der Waals surface area contributed by atoms with E-state index in [1.54, 1.807) is 31.2 Å². The zero-order valence-electron chi connectivity index (χ0n) is 16.1. The lowest BCUT2D eigenvalue weighted by molar-refractivity contribution is 0.417. The molecule has 0 saturated heterocycles. The van der Waals surface area contributed by atoms with Crippen LogP contribution in [0.1, 0.15) is 5.56 Å². The summed E-state index contributed by atoms with van der Waals surface area (Å²) in [6.07, 6.45) is 0. The van der Waals surface area contributed by atoms with Gasteiger partial charge in [-0.05, 0) is 61.0 Å². The fourth-order valence-corrected chi connectivity index (χ4v) is 4.85. The molecule has 7 nitrogen and oxygen atoms in total. The van der Waals surface area contributed by atoms with Gasteiger partial charge in [0.1, 0.15) is 11.6 Å². The molecule has 0 fully saturated rings. The molecule has 0 atom stereocenters. The average molecular weight is 451 g/mol. The van der Waals surface area contributed by atoms with Crippen molar-refractivity contribution in [3.8, 4) is 5.75 Å². The smallest absolute Gasteiger partial charge is 0.262 e. The molecule has 0 bridgehead atoms. The molecule has 0 aliphatic carbocycles. The van der Waals surface area contributed by atoms with Gasteiger partial charge in [-0.15, -0.1) is 0 Å². The fourth-order valence-electron chi connectivity index (χ4n) is 2.63. The number of nitrogens with one attached hydrogen (secondary N) is 2. The summed E-state index contributed by atoms with van der Waals surface area (Å²) >= 11 is 0. The Hall–Kier alpha value is -3.11. The summed E-state index contributed by atoms with van der Waals surface area (Å²) in [4.78, 5) is -0.292. The molecule has 0 heterocycles. The highest BCUT2D eigenvalue weighted by molar-refractivity contribution is 7.93. The Morgan fingerprint density at radius 3 is 2.00 bits per heavy atom. The Morgan fingerprint density at radius 1 is 0.767 bits per heavy atom. The zero-order chi connectivity index (χ0) is 21.9. The van der Waals surface area contributed by atoms with Crippen molar-refractivity contribution < 1.29 is 26.0 Å². The summed E-state index contributed by atoms with van der Waals surface area (Å²) in [7, 11) is -6.64. The summed E-state index contributed by atoms with van der Waals surface area (Å²) in [6.45, 7) is 1.63. The van der Waals surface area contributed by atoms with Crippen LogP contribution in [-0.4, -0.2) is 23.9 Å². The van der Waals surface area contributed by atoms with Crippen LogP contribution in [0.15, 0.2) is 76.5 Å². The molecule has 0 aliphatic rings. The number of sulfonamides is 2. The van der Waals surface area contributed by atoms with Gasteiger partial charge in [-0.3, -0.25) is 9.44 Å². The van der Waals surface area contributed by atoms with Crippen LogP contribution in [0.2, 0.25) is 0 Å². The number of para-hydroxylation sites is 2. The van der Waals surface area contributed by atoms with Crippen molar-refractivity contribution in [3.63, 3.8) is 0 Å². The predicted octanol–water partition coefficient (Wildman–Crippen LogP) is 3.74. The Bertz CT molecular complexity index is 1270. The Labute approximate surface area is 174 Å². The molecule has 0 unspecified atom stereocenters. The Kier molecular flexibility index (Phi) is 5.99. The van der Waals surface area contributed by atoms with Crippen molar-refractivity contribution in [3.05, 3.63) is 78.1 Å². The van der Waals surface area contributed by atoms with Crippen molar-refractivity contribution in [1.82, 2.24) is 0 Å². The number of hydrogen-bond donors (Lipinski definition) is 2. The summed E-state index contributed by atoms with van der Waals surface area (Å²) in [5, 5.41) is 0. The predicted molar refractivity (Wildman–Crippen MR) is 112 cm³/mol. The van der Waals surface area contributed by atoms with Gasteiger partial charge in [-0.1, -0.05) is 18.2 Å². The topological polar surface area (TPSA) is 102 Å². The maximum Gasteiger partial charge on any atom is 0.262 e. The molecule has 0 aromatic heterocycles. The third-order valence-corrected chi connectivity index (χ3v) is 6.98. The molecule has 158 valence electrons. The molecule has 3 aromatic rings. The van der Waals surface area contributed by atoms with Crippen LogP contribution in [0.3, 0.4) is 0 Å². The zero-order valence-corrected chi connectivity index (χ0v) is 17.7. The van der Waals surface area contributed by atoms with Gasteiger partial charge in [0.15, 0.2) is 0 Å². The van der Waals surface area contributed by atoms with E-state index >= 15 is 0 Å². The number of hydrogen-bond acceptors (Lipinski definition) is 5. The van der Waals surface area contributed by atoms with Gasteiger partial charge < -0.3 is 4.74 Å². The van der Waals surface area contributed by atoms with Gasteiger partial charge in [0.05, 0.1) is 28.3 Å². The maximum absolute atomic E-state index is 13.1. The lowest BCUT2D eigenvalue weighted by Gasteiger charge is -2.14. The molecule has 30 heavy (non-hydrogen) atoms. The lowest BCUT2D eigenvalue weighted by atomic mass is 10.2. The molecule has 2 N–H and O–H groups in total. The SMILES string of the molecule is COc1ccccc1NS(=O)(=O)c1ccc(C)c(NS(=O)(=O)c2ccc(F)cc2)c1. The van der Waals surface area contributed by atoms with Crippen LogP contribution in [0.4, 0.5) is 15.8 Å².